The molecule has 0 bridgehead atoms. The van der Waals surface area contributed by atoms with Gasteiger partial charge < -0.3 is 25.1 Å². The van der Waals surface area contributed by atoms with Crippen LogP contribution in [0.4, 0.5) is 0 Å². The van der Waals surface area contributed by atoms with Crippen molar-refractivity contribution in [3.8, 4) is 0 Å². The molecule has 0 spiro atoms. The van der Waals surface area contributed by atoms with Crippen molar-refractivity contribution in [2.75, 3.05) is 39.6 Å². The minimum Gasteiger partial charge on any atom is -0.394 e. The second-order valence-corrected chi connectivity index (χ2v) is 11.9. The molecule has 0 saturated heterocycles. The number of rotatable bonds is 32. The van der Waals surface area contributed by atoms with E-state index in [0.717, 1.165) is 38.5 Å². The predicted molar refractivity (Wildman–Crippen MR) is 166 cm³/mol. The third-order valence-corrected chi connectivity index (χ3v) is 7.23. The molecule has 0 radical (unpaired) electrons. The molecule has 42 heavy (non-hydrogen) atoms. The fourth-order valence-corrected chi connectivity index (χ4v) is 5.04. The number of phosphoric acid groups is 1. The summed E-state index contributed by atoms with van der Waals surface area (Å²) in [6, 6.07) is 0. The Morgan fingerprint density at radius 2 is 0.810 bits per heavy atom. The van der Waals surface area contributed by atoms with Gasteiger partial charge in [-0.1, -0.05) is 136 Å². The van der Waals surface area contributed by atoms with E-state index in [-0.39, 0.29) is 45.7 Å². The van der Waals surface area contributed by atoms with E-state index in [1.165, 1.54) is 96.3 Å². The summed E-state index contributed by atoms with van der Waals surface area (Å²) in [5.74, 6) is 0. The molecule has 0 aromatic carbocycles. The Balaban J connectivity index is 0. The van der Waals surface area contributed by atoms with Crippen LogP contribution in [-0.2, 0) is 23.6 Å². The number of hydrogen-bond donors (Lipinski definition) is 5. The first kappa shape index (κ1) is 44.0. The summed E-state index contributed by atoms with van der Waals surface area (Å²) in [5, 5.41) is 25.9. The highest BCUT2D eigenvalue weighted by Gasteiger charge is 2.21. The van der Waals surface area contributed by atoms with Crippen LogP contribution in [-0.4, -0.2) is 76.2 Å². The van der Waals surface area contributed by atoms with Crippen LogP contribution in [0.1, 0.15) is 149 Å². The summed E-state index contributed by atoms with van der Waals surface area (Å²) in [6.07, 6.45) is 25.3. The van der Waals surface area contributed by atoms with E-state index in [2.05, 4.69) is 13.8 Å². The average Bonchev–Trinajstić information content (AvgIpc) is 2.96. The molecule has 0 saturated carbocycles. The molecule has 0 rings (SSSR count). The first-order chi connectivity index (χ1) is 20.3. The zero-order valence-electron chi connectivity index (χ0n) is 26.8. The molecule has 0 aliphatic carbocycles. The number of nitrogens with zero attached hydrogens (tertiary/aromatic N) is 1. The van der Waals surface area contributed by atoms with Crippen LogP contribution >= 0.6 is 7.82 Å². The van der Waals surface area contributed by atoms with Crippen LogP contribution in [0.5, 0.6) is 0 Å². The van der Waals surface area contributed by atoms with Gasteiger partial charge in [-0.15, -0.1) is 0 Å². The van der Waals surface area contributed by atoms with E-state index in [9.17, 15) is 14.4 Å². The summed E-state index contributed by atoms with van der Waals surface area (Å²) in [7, 11) is -4.38. The summed E-state index contributed by atoms with van der Waals surface area (Å²) < 4.78 is 16.3. The minimum atomic E-state index is -4.38. The molecular weight excluding hydrogens is 565 g/mol. The van der Waals surface area contributed by atoms with E-state index < -0.39 is 7.82 Å². The molecule has 0 amide bonds. The molecule has 0 aliphatic rings. The van der Waals surface area contributed by atoms with E-state index >= 15 is 0 Å². The van der Waals surface area contributed by atoms with Gasteiger partial charge in [0.1, 0.15) is 0 Å². The normalized spacial score (nSPS) is 12.5. The Morgan fingerprint density at radius 3 is 1.07 bits per heavy atom. The molecule has 0 fully saturated rings. The largest absolute Gasteiger partial charge is 0.469 e. The van der Waals surface area contributed by atoms with Gasteiger partial charge >= 0.3 is 7.82 Å². The van der Waals surface area contributed by atoms with Crippen LogP contribution in [0.25, 0.3) is 0 Å². The van der Waals surface area contributed by atoms with Crippen molar-refractivity contribution in [1.82, 2.24) is 5.39 Å². The maximum absolute atomic E-state index is 11.3. The monoisotopic (exact) mass is 631 g/mol. The Labute approximate surface area is 256 Å². The molecule has 0 heterocycles. The van der Waals surface area contributed by atoms with Gasteiger partial charge in [-0.2, -0.15) is 0 Å². The number of hydrogen-bond acceptors (Lipinski definition) is 9. The number of unbranched alkanes of at least 4 members (excludes halogenated alkanes) is 17. The minimum absolute atomic E-state index is 0.0108. The second-order valence-electron chi connectivity index (χ2n) is 10.7. The highest BCUT2D eigenvalue weighted by atomic mass is 31.2. The SMILES string of the molecule is CCCCCCCCCCCCC(CCCCCCCCCCC)OP(=O)(O)O.OCCON(OCCO)OCCO. The van der Waals surface area contributed by atoms with E-state index in [1.807, 2.05) is 0 Å². The third kappa shape index (κ3) is 37.9. The molecule has 0 aromatic heterocycles. The van der Waals surface area contributed by atoms with Gasteiger partial charge in [-0.3, -0.25) is 4.52 Å². The van der Waals surface area contributed by atoms with Crippen molar-refractivity contribution in [2.45, 2.75) is 155 Å². The lowest BCUT2D eigenvalue weighted by molar-refractivity contribution is -0.527. The molecule has 5 N–H and O–H groups in total. The molecule has 11 nitrogen and oxygen atoms in total. The zero-order chi connectivity index (χ0) is 31.6. The molecule has 0 aliphatic heterocycles. The molecule has 1 unspecified atom stereocenters. The van der Waals surface area contributed by atoms with Gasteiger partial charge in [0.2, 0.25) is 0 Å². The van der Waals surface area contributed by atoms with Gasteiger partial charge in [0.15, 0.2) is 0 Å². The van der Waals surface area contributed by atoms with Crippen LogP contribution in [0.15, 0.2) is 0 Å². The van der Waals surface area contributed by atoms with Crippen LogP contribution < -0.4 is 0 Å². The molecule has 12 heteroatoms. The summed E-state index contributed by atoms with van der Waals surface area (Å²) in [4.78, 5) is 32.5. The smallest absolute Gasteiger partial charge is 0.394 e. The molecule has 256 valence electrons. The average molecular weight is 632 g/mol. The van der Waals surface area contributed by atoms with Crippen molar-refractivity contribution >= 4 is 7.82 Å². The number of aliphatic hydroxyl groups is 3. The topological polar surface area (TPSA) is 158 Å². The fourth-order valence-electron chi connectivity index (χ4n) is 4.44. The van der Waals surface area contributed by atoms with Crippen molar-refractivity contribution in [3.63, 3.8) is 0 Å². The summed E-state index contributed by atoms with van der Waals surface area (Å²) in [6.45, 7) is 3.99. The van der Waals surface area contributed by atoms with Gasteiger partial charge in [0, 0.05) is 0 Å². The van der Waals surface area contributed by atoms with Gasteiger partial charge in [-0.05, 0) is 12.8 Å². The van der Waals surface area contributed by atoms with Gasteiger partial charge in [0.05, 0.1) is 51.1 Å². The fraction of sp³-hybridized carbons (Fsp3) is 1.00. The quantitative estimate of drug-likeness (QED) is 0.0303. The standard InChI is InChI=1S/C24H51O4P.C6H15NO6/c1-3-5-7-9-11-13-15-17-19-21-23-24(28-29(25,26)27)22-20-18-16-14-12-10-8-6-4-2;8-1-4-11-7(12-5-2-9)13-6-3-10/h24H,3-23H2,1-2H3,(H2,25,26,27);8-10H,1-6H2. The molecule has 1 atom stereocenters. The molecular formula is C30H66NO10P. The first-order valence-corrected chi connectivity index (χ1v) is 18.1. The van der Waals surface area contributed by atoms with Crippen LogP contribution in [0.2, 0.25) is 0 Å². The van der Waals surface area contributed by atoms with E-state index in [4.69, 9.17) is 34.4 Å². The molecule has 0 aromatic rings. The summed E-state index contributed by atoms with van der Waals surface area (Å²) >= 11 is 0. The highest BCUT2D eigenvalue weighted by molar-refractivity contribution is 7.46. The Bertz CT molecular complexity index is 537. The van der Waals surface area contributed by atoms with Crippen molar-refractivity contribution in [1.29, 1.82) is 0 Å². The Morgan fingerprint density at radius 1 is 0.524 bits per heavy atom. The first-order valence-electron chi connectivity index (χ1n) is 16.6. The maximum Gasteiger partial charge on any atom is 0.469 e. The van der Waals surface area contributed by atoms with Gasteiger partial charge in [0.25, 0.3) is 0 Å². The highest BCUT2D eigenvalue weighted by Crippen LogP contribution is 2.39. The van der Waals surface area contributed by atoms with E-state index in [1.54, 1.807) is 0 Å². The van der Waals surface area contributed by atoms with Crippen LogP contribution in [0, 0.1) is 0 Å². The maximum atomic E-state index is 11.3. The van der Waals surface area contributed by atoms with E-state index in [0.29, 0.717) is 5.39 Å². The van der Waals surface area contributed by atoms with Crippen LogP contribution in [0.3, 0.4) is 0 Å². The van der Waals surface area contributed by atoms with Crippen molar-refractivity contribution in [3.05, 3.63) is 0 Å². The number of phosphoric ester groups is 1. The second kappa shape index (κ2) is 35.3. The third-order valence-electron chi connectivity index (χ3n) is 6.66. The van der Waals surface area contributed by atoms with Gasteiger partial charge in [-0.25, -0.2) is 19.1 Å². The Hall–Kier alpha value is -0.170. The van der Waals surface area contributed by atoms with Crippen molar-refractivity contribution < 1.29 is 48.7 Å². The summed E-state index contributed by atoms with van der Waals surface area (Å²) in [5.41, 5.74) is 0. The Kier molecular flexibility index (Phi) is 37.0. The number of aliphatic hydroxyl groups excluding tert-OH is 3. The van der Waals surface area contributed by atoms with Crippen molar-refractivity contribution in [2.24, 2.45) is 0 Å². The lowest BCUT2D eigenvalue weighted by Crippen LogP contribution is -2.28. The lowest BCUT2D eigenvalue weighted by Gasteiger charge is -2.18. The lowest BCUT2D eigenvalue weighted by atomic mass is 10.0. The zero-order valence-corrected chi connectivity index (χ0v) is 27.7. The predicted octanol–water partition coefficient (Wildman–Crippen LogP) is 6.76.